The molecule has 0 atom stereocenters. The zero-order valence-corrected chi connectivity index (χ0v) is 10.3. The van der Waals surface area contributed by atoms with E-state index < -0.39 is 5.97 Å². The fourth-order valence-corrected chi connectivity index (χ4v) is 0.972. The van der Waals surface area contributed by atoms with Crippen molar-refractivity contribution in [2.75, 3.05) is 0 Å². The van der Waals surface area contributed by atoms with Gasteiger partial charge >= 0.3 is 5.97 Å². The minimum atomic E-state index is -0.851. The van der Waals surface area contributed by atoms with Crippen molar-refractivity contribution in [3.8, 4) is 0 Å². The van der Waals surface area contributed by atoms with E-state index in [1.54, 1.807) is 13.0 Å². The average Bonchev–Trinajstić information content (AvgIpc) is 2.15. The molecule has 0 saturated carbocycles. The first-order chi connectivity index (χ1) is 6.20. The number of carboxylic acid groups (broad SMARTS) is 1. The second kappa shape index (κ2) is 6.59. The molecule has 0 spiro atoms. The monoisotopic (exact) mass is 304 g/mol. The molecule has 0 bridgehead atoms. The predicted molar refractivity (Wildman–Crippen MR) is 67.0 cm³/mol. The zero-order valence-electron chi connectivity index (χ0n) is 7.93. The van der Waals surface area contributed by atoms with Crippen LogP contribution < -0.4 is 0 Å². The largest absolute Gasteiger partial charge is 0.478 e. The number of halogens is 1. The summed E-state index contributed by atoms with van der Waals surface area (Å²) in [4.78, 5) is 10.5. The van der Waals surface area contributed by atoms with Gasteiger partial charge in [0.2, 0.25) is 0 Å². The van der Waals surface area contributed by atoms with Crippen molar-refractivity contribution < 1.29 is 9.90 Å². The van der Waals surface area contributed by atoms with Gasteiger partial charge in [0.15, 0.2) is 0 Å². The molecule has 14 heavy (non-hydrogen) atoms. The minimum Gasteiger partial charge on any atom is -0.478 e. The second-order valence-corrected chi connectivity index (χ2v) is 2.88. The molecule has 0 radical (unpaired) electrons. The number of hydrogen-bond donors (Lipinski definition) is 1. The van der Waals surface area contributed by atoms with Crippen LogP contribution in [0.1, 0.15) is 12.5 Å². The van der Waals surface area contributed by atoms with Gasteiger partial charge < -0.3 is 5.11 Å². The highest BCUT2D eigenvalue weighted by molar-refractivity contribution is 14.0. The molecule has 1 aromatic rings. The number of benzene rings is 1. The molecule has 0 aliphatic rings. The summed E-state index contributed by atoms with van der Waals surface area (Å²) in [7, 11) is 0. The Labute approximate surface area is 101 Å². The number of carboxylic acids is 1. The molecule has 1 rings (SSSR count). The van der Waals surface area contributed by atoms with Crippen LogP contribution in [-0.2, 0) is 11.2 Å². The highest BCUT2D eigenvalue weighted by Gasteiger charge is 1.97. The summed E-state index contributed by atoms with van der Waals surface area (Å²) >= 11 is 0. The standard InChI is InChI=1S/C11H12O2.HI/c1-9(11(12)13)7-8-10-5-3-2-4-6-10;/h2-7H,8H2,1H3,(H,12,13);1H. The van der Waals surface area contributed by atoms with Gasteiger partial charge in [-0.15, -0.1) is 24.0 Å². The van der Waals surface area contributed by atoms with Crippen LogP contribution in [0, 0.1) is 0 Å². The predicted octanol–water partition coefficient (Wildman–Crippen LogP) is 2.88. The topological polar surface area (TPSA) is 37.3 Å². The van der Waals surface area contributed by atoms with E-state index in [9.17, 15) is 4.79 Å². The van der Waals surface area contributed by atoms with E-state index in [0.717, 1.165) is 5.56 Å². The van der Waals surface area contributed by atoms with Crippen molar-refractivity contribution in [2.45, 2.75) is 13.3 Å². The summed E-state index contributed by atoms with van der Waals surface area (Å²) in [6.45, 7) is 1.60. The van der Waals surface area contributed by atoms with Crippen molar-refractivity contribution in [3.05, 3.63) is 47.5 Å². The van der Waals surface area contributed by atoms with Crippen molar-refractivity contribution in [3.63, 3.8) is 0 Å². The third-order valence-electron chi connectivity index (χ3n) is 1.82. The van der Waals surface area contributed by atoms with Gasteiger partial charge in [-0.1, -0.05) is 36.4 Å². The maximum atomic E-state index is 10.5. The Balaban J connectivity index is 0.00000169. The van der Waals surface area contributed by atoms with Crippen LogP contribution in [0.3, 0.4) is 0 Å². The maximum absolute atomic E-state index is 10.5. The summed E-state index contributed by atoms with van der Waals surface area (Å²) in [6, 6.07) is 9.78. The molecule has 1 aromatic carbocycles. The SMILES string of the molecule is CC(=CCc1ccccc1)C(=O)O.I. The van der Waals surface area contributed by atoms with E-state index in [0.29, 0.717) is 12.0 Å². The third-order valence-corrected chi connectivity index (χ3v) is 1.82. The molecule has 0 aliphatic heterocycles. The fraction of sp³-hybridized carbons (Fsp3) is 0.182. The first-order valence-corrected chi connectivity index (χ1v) is 4.14. The number of aliphatic carboxylic acids is 1. The molecule has 0 unspecified atom stereocenters. The molecule has 2 nitrogen and oxygen atoms in total. The van der Waals surface area contributed by atoms with Crippen molar-refractivity contribution in [1.82, 2.24) is 0 Å². The molecule has 0 fully saturated rings. The Kier molecular flexibility index (Phi) is 6.19. The summed E-state index contributed by atoms with van der Waals surface area (Å²) in [5.41, 5.74) is 1.52. The van der Waals surface area contributed by atoms with Gasteiger partial charge in [0.05, 0.1) is 0 Å². The minimum absolute atomic E-state index is 0. The zero-order chi connectivity index (χ0) is 9.68. The van der Waals surface area contributed by atoms with Crippen LogP contribution in [0.15, 0.2) is 42.0 Å². The molecule has 0 saturated heterocycles. The summed E-state index contributed by atoms with van der Waals surface area (Å²) < 4.78 is 0. The van der Waals surface area contributed by atoms with Gasteiger partial charge in [0.1, 0.15) is 0 Å². The molecule has 0 amide bonds. The molecule has 0 aliphatic carbocycles. The molecule has 0 aromatic heterocycles. The van der Waals surface area contributed by atoms with Crippen LogP contribution in [0.4, 0.5) is 0 Å². The molecule has 3 heteroatoms. The van der Waals surface area contributed by atoms with E-state index >= 15 is 0 Å². The van der Waals surface area contributed by atoms with Crippen molar-refractivity contribution >= 4 is 29.9 Å². The van der Waals surface area contributed by atoms with Gasteiger partial charge in [-0.25, -0.2) is 4.79 Å². The Bertz CT molecular complexity index is 317. The fourth-order valence-electron chi connectivity index (χ4n) is 0.972. The smallest absolute Gasteiger partial charge is 0.330 e. The lowest BCUT2D eigenvalue weighted by molar-refractivity contribution is -0.132. The van der Waals surface area contributed by atoms with Gasteiger partial charge in [-0.2, -0.15) is 0 Å². The quantitative estimate of drug-likeness (QED) is 0.689. The third kappa shape index (κ3) is 4.41. The molecular weight excluding hydrogens is 291 g/mol. The van der Waals surface area contributed by atoms with Crippen LogP contribution in [0.2, 0.25) is 0 Å². The Morgan fingerprint density at radius 1 is 1.36 bits per heavy atom. The lowest BCUT2D eigenvalue weighted by atomic mass is 10.1. The van der Waals surface area contributed by atoms with Crippen LogP contribution in [0.25, 0.3) is 0 Å². The van der Waals surface area contributed by atoms with Gasteiger partial charge in [0.25, 0.3) is 0 Å². The second-order valence-electron chi connectivity index (χ2n) is 2.88. The average molecular weight is 304 g/mol. The maximum Gasteiger partial charge on any atom is 0.330 e. The van der Waals surface area contributed by atoms with Gasteiger partial charge in [0, 0.05) is 5.57 Å². The van der Waals surface area contributed by atoms with Crippen LogP contribution >= 0.6 is 24.0 Å². The number of carbonyl (C=O) groups is 1. The lowest BCUT2D eigenvalue weighted by Gasteiger charge is -1.95. The van der Waals surface area contributed by atoms with E-state index in [2.05, 4.69) is 0 Å². The van der Waals surface area contributed by atoms with Gasteiger partial charge in [-0.05, 0) is 18.9 Å². The first kappa shape index (κ1) is 13.2. The van der Waals surface area contributed by atoms with Crippen molar-refractivity contribution in [2.24, 2.45) is 0 Å². The Hall–Kier alpha value is -0.840. The van der Waals surface area contributed by atoms with Gasteiger partial charge in [-0.3, -0.25) is 0 Å². The van der Waals surface area contributed by atoms with Crippen LogP contribution in [-0.4, -0.2) is 11.1 Å². The highest BCUT2D eigenvalue weighted by Crippen LogP contribution is 2.02. The van der Waals surface area contributed by atoms with E-state index in [1.807, 2.05) is 30.3 Å². The lowest BCUT2D eigenvalue weighted by Crippen LogP contribution is -1.96. The van der Waals surface area contributed by atoms with E-state index in [4.69, 9.17) is 5.11 Å². The van der Waals surface area contributed by atoms with E-state index in [-0.39, 0.29) is 24.0 Å². The van der Waals surface area contributed by atoms with E-state index in [1.165, 1.54) is 0 Å². The Morgan fingerprint density at radius 2 is 1.93 bits per heavy atom. The number of allylic oxidation sites excluding steroid dienone is 1. The summed E-state index contributed by atoms with van der Waals surface area (Å²) in [5, 5.41) is 8.59. The normalized spacial score (nSPS) is 10.5. The molecule has 76 valence electrons. The van der Waals surface area contributed by atoms with Crippen molar-refractivity contribution in [1.29, 1.82) is 0 Å². The number of rotatable bonds is 3. The molecule has 0 heterocycles. The Morgan fingerprint density at radius 3 is 2.43 bits per heavy atom. The highest BCUT2D eigenvalue weighted by atomic mass is 127. The number of hydrogen-bond acceptors (Lipinski definition) is 1. The summed E-state index contributed by atoms with van der Waals surface area (Å²) in [6.07, 6.45) is 2.40. The first-order valence-electron chi connectivity index (χ1n) is 4.14. The molecular formula is C11H13IO2. The molecule has 1 N–H and O–H groups in total. The van der Waals surface area contributed by atoms with Crippen LogP contribution in [0.5, 0.6) is 0 Å². The summed E-state index contributed by atoms with van der Waals surface area (Å²) in [5.74, 6) is -0.851.